The predicted molar refractivity (Wildman–Crippen MR) is 64.2 cm³/mol. The maximum atomic E-state index is 5.53. The molecule has 2 nitrogen and oxygen atoms in total. The van der Waals surface area contributed by atoms with Gasteiger partial charge in [0.1, 0.15) is 0 Å². The summed E-state index contributed by atoms with van der Waals surface area (Å²) >= 11 is 4.26. The van der Waals surface area contributed by atoms with Crippen LogP contribution in [0.5, 0.6) is 0 Å². The van der Waals surface area contributed by atoms with Crippen molar-refractivity contribution in [3.05, 3.63) is 0 Å². The van der Waals surface area contributed by atoms with Crippen LogP contribution in [0.15, 0.2) is 0 Å². The van der Waals surface area contributed by atoms with E-state index in [-0.39, 0.29) is 11.0 Å². The van der Waals surface area contributed by atoms with Gasteiger partial charge in [-0.05, 0) is 31.9 Å². The number of hydrogen-bond donors (Lipinski definition) is 1. The van der Waals surface area contributed by atoms with Gasteiger partial charge in [-0.3, -0.25) is 0 Å². The molecule has 0 fully saturated rings. The van der Waals surface area contributed by atoms with Crippen molar-refractivity contribution >= 4 is 12.6 Å². The van der Waals surface area contributed by atoms with Crippen LogP contribution in [-0.4, -0.2) is 31.2 Å². The Morgan fingerprint density at radius 2 is 1.57 bits per heavy atom. The summed E-state index contributed by atoms with van der Waals surface area (Å²) in [5.74, 6) is 0.840. The van der Waals surface area contributed by atoms with Gasteiger partial charge in [0.25, 0.3) is 0 Å². The summed E-state index contributed by atoms with van der Waals surface area (Å²) in [5.41, 5.74) is 0.0905. The summed E-state index contributed by atoms with van der Waals surface area (Å²) in [6.45, 7) is 12.5. The zero-order valence-electron chi connectivity index (χ0n) is 10.1. The third kappa shape index (κ3) is 8.85. The minimum atomic E-state index is -0.0670. The maximum Gasteiger partial charge on any atom is 0.0707 e. The Balaban J connectivity index is 3.39. The lowest BCUT2D eigenvalue weighted by atomic mass is 9.98. The van der Waals surface area contributed by atoms with Gasteiger partial charge in [0.15, 0.2) is 0 Å². The van der Waals surface area contributed by atoms with Crippen molar-refractivity contribution in [2.24, 2.45) is 5.41 Å². The molecule has 0 N–H and O–H groups in total. The lowest BCUT2D eigenvalue weighted by Gasteiger charge is -2.23. The van der Waals surface area contributed by atoms with Crippen molar-refractivity contribution in [3.63, 3.8) is 0 Å². The first-order chi connectivity index (χ1) is 6.27. The van der Waals surface area contributed by atoms with Crippen LogP contribution in [0.2, 0.25) is 0 Å². The molecule has 0 aliphatic rings. The van der Waals surface area contributed by atoms with Gasteiger partial charge in [0.05, 0.1) is 25.4 Å². The molecule has 14 heavy (non-hydrogen) atoms. The zero-order valence-corrected chi connectivity index (χ0v) is 11.0. The highest BCUT2D eigenvalue weighted by atomic mass is 32.1. The molecule has 0 heterocycles. The molecule has 0 spiro atoms. The molecule has 0 aromatic heterocycles. The first-order valence-electron chi connectivity index (χ1n) is 5.09. The Morgan fingerprint density at radius 3 is 2.00 bits per heavy atom. The first-order valence-corrected chi connectivity index (χ1v) is 5.73. The monoisotopic (exact) mass is 220 g/mol. The fourth-order valence-electron chi connectivity index (χ4n) is 0.801. The van der Waals surface area contributed by atoms with Crippen LogP contribution in [0.4, 0.5) is 0 Å². The van der Waals surface area contributed by atoms with E-state index < -0.39 is 0 Å². The van der Waals surface area contributed by atoms with Crippen molar-refractivity contribution in [2.75, 3.05) is 25.6 Å². The Labute approximate surface area is 93.8 Å². The molecular formula is C11H24O2S. The molecular weight excluding hydrogens is 196 g/mol. The van der Waals surface area contributed by atoms with E-state index in [4.69, 9.17) is 9.47 Å². The fraction of sp³-hybridized carbons (Fsp3) is 1.00. The minimum absolute atomic E-state index is 0.0670. The summed E-state index contributed by atoms with van der Waals surface area (Å²) in [7, 11) is 0. The average molecular weight is 220 g/mol. The molecule has 0 atom stereocenters. The van der Waals surface area contributed by atoms with Crippen molar-refractivity contribution in [3.8, 4) is 0 Å². The van der Waals surface area contributed by atoms with Gasteiger partial charge in [-0.25, -0.2) is 0 Å². The second-order valence-corrected chi connectivity index (χ2v) is 5.65. The quantitative estimate of drug-likeness (QED) is 0.548. The molecule has 0 rings (SSSR count). The largest absolute Gasteiger partial charge is 0.378 e. The molecule has 0 saturated carbocycles. The van der Waals surface area contributed by atoms with Crippen molar-refractivity contribution in [2.45, 2.75) is 40.2 Å². The number of hydrogen-bond acceptors (Lipinski definition) is 3. The Kier molecular flexibility index (Phi) is 6.10. The number of ether oxygens (including phenoxy) is 2. The van der Waals surface area contributed by atoms with E-state index in [1.807, 2.05) is 20.8 Å². The van der Waals surface area contributed by atoms with Gasteiger partial charge >= 0.3 is 0 Å². The number of thiol groups is 1. The lowest BCUT2D eigenvalue weighted by molar-refractivity contribution is -0.0434. The van der Waals surface area contributed by atoms with Gasteiger partial charge < -0.3 is 9.47 Å². The predicted octanol–water partition coefficient (Wildman–Crippen LogP) is 2.77. The van der Waals surface area contributed by atoms with Crippen LogP contribution in [0.1, 0.15) is 34.6 Å². The molecule has 0 aromatic rings. The van der Waals surface area contributed by atoms with Gasteiger partial charge in [0, 0.05) is 0 Å². The van der Waals surface area contributed by atoms with Crippen molar-refractivity contribution in [1.29, 1.82) is 0 Å². The van der Waals surface area contributed by atoms with Gasteiger partial charge in [-0.15, -0.1) is 0 Å². The minimum Gasteiger partial charge on any atom is -0.378 e. The molecule has 0 amide bonds. The normalized spacial score (nSPS) is 13.3. The van der Waals surface area contributed by atoms with Crippen LogP contribution < -0.4 is 0 Å². The highest BCUT2D eigenvalue weighted by Crippen LogP contribution is 2.16. The van der Waals surface area contributed by atoms with Gasteiger partial charge in [-0.2, -0.15) is 12.6 Å². The lowest BCUT2D eigenvalue weighted by Crippen LogP contribution is -2.25. The second kappa shape index (κ2) is 5.99. The highest BCUT2D eigenvalue weighted by molar-refractivity contribution is 7.80. The van der Waals surface area contributed by atoms with E-state index in [2.05, 4.69) is 26.5 Å². The smallest absolute Gasteiger partial charge is 0.0707 e. The van der Waals surface area contributed by atoms with E-state index in [0.717, 1.165) is 12.4 Å². The van der Waals surface area contributed by atoms with Crippen LogP contribution in [0.3, 0.4) is 0 Å². The maximum absolute atomic E-state index is 5.53. The van der Waals surface area contributed by atoms with Crippen LogP contribution in [0, 0.1) is 5.41 Å². The van der Waals surface area contributed by atoms with Crippen molar-refractivity contribution < 1.29 is 9.47 Å². The molecule has 86 valence electrons. The Hall–Kier alpha value is 0.270. The second-order valence-electron chi connectivity index (χ2n) is 5.34. The molecule has 3 heteroatoms. The third-order valence-corrected chi connectivity index (χ3v) is 2.54. The van der Waals surface area contributed by atoms with Gasteiger partial charge in [-0.1, -0.05) is 13.8 Å². The molecule has 0 radical (unpaired) electrons. The fourth-order valence-corrected chi connectivity index (χ4v) is 0.892. The molecule has 0 bridgehead atoms. The van der Waals surface area contributed by atoms with Crippen LogP contribution in [0.25, 0.3) is 0 Å². The van der Waals surface area contributed by atoms with Crippen LogP contribution >= 0.6 is 12.6 Å². The third-order valence-electron chi connectivity index (χ3n) is 1.68. The summed E-state index contributed by atoms with van der Waals surface area (Å²) in [6.07, 6.45) is 0. The molecule has 0 saturated heterocycles. The van der Waals surface area contributed by atoms with E-state index in [1.54, 1.807) is 0 Å². The Bertz CT molecular complexity index is 150. The van der Waals surface area contributed by atoms with E-state index in [0.29, 0.717) is 13.2 Å². The van der Waals surface area contributed by atoms with E-state index in [9.17, 15) is 0 Å². The SMILES string of the molecule is CC(C)(CS)COCCOC(C)(C)C. The summed E-state index contributed by atoms with van der Waals surface area (Å²) in [6, 6.07) is 0. The molecule has 0 aromatic carbocycles. The summed E-state index contributed by atoms with van der Waals surface area (Å²) < 4.78 is 11.0. The zero-order chi connectivity index (χ0) is 11.2. The number of rotatable bonds is 6. The average Bonchev–Trinajstić information content (AvgIpc) is 2.01. The van der Waals surface area contributed by atoms with Crippen molar-refractivity contribution in [1.82, 2.24) is 0 Å². The Morgan fingerprint density at radius 1 is 1.00 bits per heavy atom. The standard InChI is InChI=1S/C11H24O2S/c1-10(2,3)13-7-6-12-8-11(4,5)9-14/h14H,6-9H2,1-5H3. The molecule has 0 aliphatic carbocycles. The topological polar surface area (TPSA) is 18.5 Å². The van der Waals surface area contributed by atoms with E-state index in [1.165, 1.54) is 0 Å². The summed E-state index contributed by atoms with van der Waals surface area (Å²) in [5, 5.41) is 0. The first kappa shape index (κ1) is 14.3. The highest BCUT2D eigenvalue weighted by Gasteiger charge is 2.15. The van der Waals surface area contributed by atoms with Gasteiger partial charge in [0.2, 0.25) is 0 Å². The van der Waals surface area contributed by atoms with Crippen LogP contribution in [-0.2, 0) is 9.47 Å². The molecule has 0 aliphatic heterocycles. The summed E-state index contributed by atoms with van der Waals surface area (Å²) in [4.78, 5) is 0. The van der Waals surface area contributed by atoms with E-state index >= 15 is 0 Å². The molecule has 0 unspecified atom stereocenters.